The van der Waals surface area contributed by atoms with Crippen LogP contribution in [0, 0.1) is 10.1 Å². The van der Waals surface area contributed by atoms with Gasteiger partial charge < -0.3 is 4.90 Å². The molecule has 2 aromatic carbocycles. The largest absolute Gasteiger partial charge is 0.305 e. The van der Waals surface area contributed by atoms with Crippen LogP contribution in [0.3, 0.4) is 0 Å². The normalized spacial score (nSPS) is 10.8. The van der Waals surface area contributed by atoms with E-state index in [4.69, 9.17) is 0 Å². The van der Waals surface area contributed by atoms with E-state index in [2.05, 4.69) is 0 Å². The molecule has 0 heterocycles. The van der Waals surface area contributed by atoms with Crippen LogP contribution in [0.25, 0.3) is 0 Å². The van der Waals surface area contributed by atoms with Crippen molar-refractivity contribution in [1.82, 2.24) is 4.90 Å². The number of benzene rings is 2. The number of rotatable bonds is 6. The molecule has 0 saturated carbocycles. The summed E-state index contributed by atoms with van der Waals surface area (Å²) in [5.74, 6) is 0.729. The van der Waals surface area contributed by atoms with E-state index in [1.165, 1.54) is 11.8 Å². The summed E-state index contributed by atoms with van der Waals surface area (Å²) in [7, 11) is 3.82. The summed E-state index contributed by atoms with van der Waals surface area (Å²) in [5.41, 5.74) is 2.14. The van der Waals surface area contributed by atoms with Crippen molar-refractivity contribution in [3.8, 4) is 0 Å². The van der Waals surface area contributed by atoms with Gasteiger partial charge in [0.1, 0.15) is 0 Å². The molecule has 0 spiro atoms. The SMILES string of the molecule is CN(C)Cc1cccc(SCc2ccccc2)c1[N+](=O)[O-]. The fourth-order valence-electron chi connectivity index (χ4n) is 2.10. The summed E-state index contributed by atoms with van der Waals surface area (Å²) < 4.78 is 0. The number of hydrogen-bond acceptors (Lipinski definition) is 4. The predicted molar refractivity (Wildman–Crippen MR) is 86.5 cm³/mol. The van der Waals surface area contributed by atoms with Gasteiger partial charge >= 0.3 is 0 Å². The van der Waals surface area contributed by atoms with Gasteiger partial charge in [0, 0.05) is 17.9 Å². The molecule has 0 unspecified atom stereocenters. The molecule has 0 radical (unpaired) electrons. The zero-order valence-electron chi connectivity index (χ0n) is 12.2. The van der Waals surface area contributed by atoms with Crippen molar-refractivity contribution in [3.05, 3.63) is 69.8 Å². The number of nitrogens with zero attached hydrogens (tertiary/aromatic N) is 2. The maximum Gasteiger partial charge on any atom is 0.287 e. The Labute approximate surface area is 128 Å². The first kappa shape index (κ1) is 15.5. The van der Waals surface area contributed by atoms with Crippen molar-refractivity contribution in [2.24, 2.45) is 0 Å². The highest BCUT2D eigenvalue weighted by Crippen LogP contribution is 2.34. The molecule has 0 aliphatic rings. The minimum Gasteiger partial charge on any atom is -0.305 e. The molecule has 4 nitrogen and oxygen atoms in total. The topological polar surface area (TPSA) is 46.4 Å². The van der Waals surface area contributed by atoms with Crippen LogP contribution < -0.4 is 0 Å². The maximum absolute atomic E-state index is 11.4. The van der Waals surface area contributed by atoms with Gasteiger partial charge in [-0.1, -0.05) is 42.5 Å². The lowest BCUT2D eigenvalue weighted by Gasteiger charge is -2.12. The first-order valence-electron chi connectivity index (χ1n) is 6.65. The monoisotopic (exact) mass is 302 g/mol. The van der Waals surface area contributed by atoms with E-state index in [9.17, 15) is 10.1 Å². The molecule has 0 atom stereocenters. The summed E-state index contributed by atoms with van der Waals surface area (Å²) >= 11 is 1.51. The van der Waals surface area contributed by atoms with E-state index in [-0.39, 0.29) is 10.6 Å². The molecule has 0 bridgehead atoms. The number of thioether (sulfide) groups is 1. The van der Waals surface area contributed by atoms with Crippen LogP contribution in [0.4, 0.5) is 5.69 Å². The summed E-state index contributed by atoms with van der Waals surface area (Å²) in [6.07, 6.45) is 0. The molecule has 0 saturated heterocycles. The molecule has 0 fully saturated rings. The summed E-state index contributed by atoms with van der Waals surface area (Å²) in [5, 5.41) is 11.4. The Bertz CT molecular complexity index is 615. The van der Waals surface area contributed by atoms with Gasteiger partial charge in [0.2, 0.25) is 0 Å². The van der Waals surface area contributed by atoms with E-state index in [0.717, 1.165) is 21.8 Å². The van der Waals surface area contributed by atoms with Crippen LogP contribution in [-0.2, 0) is 12.3 Å². The van der Waals surface area contributed by atoms with Crippen molar-refractivity contribution >= 4 is 17.4 Å². The van der Waals surface area contributed by atoms with E-state index >= 15 is 0 Å². The average Bonchev–Trinajstić information content (AvgIpc) is 2.45. The summed E-state index contributed by atoms with van der Waals surface area (Å²) in [6, 6.07) is 15.5. The smallest absolute Gasteiger partial charge is 0.287 e. The minimum absolute atomic E-state index is 0.229. The van der Waals surface area contributed by atoms with Gasteiger partial charge in [0.25, 0.3) is 5.69 Å². The van der Waals surface area contributed by atoms with Gasteiger partial charge in [-0.3, -0.25) is 10.1 Å². The van der Waals surface area contributed by atoms with Crippen molar-refractivity contribution < 1.29 is 4.92 Å². The van der Waals surface area contributed by atoms with Crippen LogP contribution >= 0.6 is 11.8 Å². The van der Waals surface area contributed by atoms with E-state index in [1.807, 2.05) is 67.5 Å². The van der Waals surface area contributed by atoms with E-state index < -0.39 is 0 Å². The Balaban J connectivity index is 2.24. The standard InChI is InChI=1S/C16H18N2O2S/c1-17(2)11-14-9-6-10-15(16(14)18(19)20)21-12-13-7-4-3-5-8-13/h3-10H,11-12H2,1-2H3. The minimum atomic E-state index is -0.272. The van der Waals surface area contributed by atoms with Crippen molar-refractivity contribution in [2.75, 3.05) is 14.1 Å². The maximum atomic E-state index is 11.4. The van der Waals surface area contributed by atoms with Crippen molar-refractivity contribution in [2.45, 2.75) is 17.2 Å². The van der Waals surface area contributed by atoms with Crippen LogP contribution in [0.5, 0.6) is 0 Å². The molecular formula is C16H18N2O2S. The number of nitro groups is 1. The second-order valence-corrected chi connectivity index (χ2v) is 6.05. The lowest BCUT2D eigenvalue weighted by Crippen LogP contribution is -2.12. The first-order chi connectivity index (χ1) is 10.1. The lowest BCUT2D eigenvalue weighted by atomic mass is 10.1. The highest BCUT2D eigenvalue weighted by molar-refractivity contribution is 7.98. The molecule has 2 rings (SSSR count). The zero-order chi connectivity index (χ0) is 15.2. The Morgan fingerprint density at radius 2 is 1.81 bits per heavy atom. The second-order valence-electron chi connectivity index (χ2n) is 5.03. The summed E-state index contributed by atoms with van der Waals surface area (Å²) in [4.78, 5) is 13.8. The van der Waals surface area contributed by atoms with Gasteiger partial charge in [0.05, 0.1) is 9.82 Å². The van der Waals surface area contributed by atoms with Gasteiger partial charge in [0.15, 0.2) is 0 Å². The predicted octanol–water partition coefficient (Wildman–Crippen LogP) is 3.95. The first-order valence-corrected chi connectivity index (χ1v) is 7.64. The van der Waals surface area contributed by atoms with Crippen LogP contribution in [0.1, 0.15) is 11.1 Å². The number of hydrogen-bond donors (Lipinski definition) is 0. The molecule has 0 aliphatic carbocycles. The Kier molecular flexibility index (Phi) is 5.36. The van der Waals surface area contributed by atoms with Gasteiger partial charge in [-0.15, -0.1) is 11.8 Å². The molecule has 5 heteroatoms. The molecule has 110 valence electrons. The molecule has 2 aromatic rings. The van der Waals surface area contributed by atoms with E-state index in [0.29, 0.717) is 6.54 Å². The molecule has 0 N–H and O–H groups in total. The van der Waals surface area contributed by atoms with Gasteiger partial charge in [-0.25, -0.2) is 0 Å². The Morgan fingerprint density at radius 3 is 2.43 bits per heavy atom. The number of nitro benzene ring substituents is 1. The third kappa shape index (κ3) is 4.31. The van der Waals surface area contributed by atoms with Crippen molar-refractivity contribution in [1.29, 1.82) is 0 Å². The zero-order valence-corrected chi connectivity index (χ0v) is 13.0. The molecule has 0 aromatic heterocycles. The highest BCUT2D eigenvalue weighted by Gasteiger charge is 2.20. The fourth-order valence-corrected chi connectivity index (χ4v) is 3.13. The molecular weight excluding hydrogens is 284 g/mol. The van der Waals surface area contributed by atoms with E-state index in [1.54, 1.807) is 0 Å². The average molecular weight is 302 g/mol. The quantitative estimate of drug-likeness (QED) is 0.460. The van der Waals surface area contributed by atoms with Gasteiger partial charge in [-0.2, -0.15) is 0 Å². The molecule has 0 aliphatic heterocycles. The molecule has 21 heavy (non-hydrogen) atoms. The summed E-state index contributed by atoms with van der Waals surface area (Å²) in [6.45, 7) is 0.566. The third-order valence-electron chi connectivity index (χ3n) is 2.99. The fraction of sp³-hybridized carbons (Fsp3) is 0.250. The van der Waals surface area contributed by atoms with Crippen LogP contribution in [0.2, 0.25) is 0 Å². The highest BCUT2D eigenvalue weighted by atomic mass is 32.2. The van der Waals surface area contributed by atoms with Gasteiger partial charge in [-0.05, 0) is 25.7 Å². The lowest BCUT2D eigenvalue weighted by molar-refractivity contribution is -0.388. The van der Waals surface area contributed by atoms with Crippen LogP contribution in [-0.4, -0.2) is 23.9 Å². The third-order valence-corrected chi connectivity index (χ3v) is 4.11. The Morgan fingerprint density at radius 1 is 1.10 bits per heavy atom. The molecule has 0 amide bonds. The number of para-hydroxylation sites is 1. The van der Waals surface area contributed by atoms with Crippen LogP contribution in [0.15, 0.2) is 53.4 Å². The van der Waals surface area contributed by atoms with Crippen molar-refractivity contribution in [3.63, 3.8) is 0 Å². The second kappa shape index (κ2) is 7.24. The Hall–Kier alpha value is -1.85.